The molecule has 1 aliphatic heterocycles. The molecule has 0 aromatic carbocycles. The number of aliphatic hydroxyl groups is 1. The maximum atomic E-state index is 11.6. The van der Waals surface area contributed by atoms with E-state index in [1.165, 1.54) is 0 Å². The monoisotopic (exact) mass is 287 g/mol. The van der Waals surface area contributed by atoms with E-state index in [2.05, 4.69) is 10.0 Å². The van der Waals surface area contributed by atoms with E-state index in [4.69, 9.17) is 27.0 Å². The smallest absolute Gasteiger partial charge is 0.330 e. The molecular formula is C9H10ClN5O4. The van der Waals surface area contributed by atoms with Crippen molar-refractivity contribution in [2.24, 2.45) is 5.11 Å². The summed E-state index contributed by atoms with van der Waals surface area (Å²) in [4.78, 5) is 27.5. The molecule has 102 valence electrons. The van der Waals surface area contributed by atoms with E-state index in [1.807, 2.05) is 4.98 Å². The van der Waals surface area contributed by atoms with E-state index in [0.717, 1.165) is 10.8 Å². The predicted octanol–water partition coefficient (Wildman–Crippen LogP) is 0.149. The lowest BCUT2D eigenvalue weighted by Crippen LogP contribution is -2.32. The molecule has 19 heavy (non-hydrogen) atoms. The van der Waals surface area contributed by atoms with Crippen LogP contribution >= 0.6 is 11.6 Å². The van der Waals surface area contributed by atoms with Crippen LogP contribution in [0.25, 0.3) is 10.4 Å². The highest BCUT2D eigenvalue weighted by molar-refractivity contribution is 6.30. The molecule has 0 radical (unpaired) electrons. The Morgan fingerprint density at radius 1 is 1.68 bits per heavy atom. The highest BCUT2D eigenvalue weighted by Crippen LogP contribution is 2.29. The zero-order valence-corrected chi connectivity index (χ0v) is 10.3. The lowest BCUT2D eigenvalue weighted by Gasteiger charge is -2.14. The molecule has 1 fully saturated rings. The zero-order chi connectivity index (χ0) is 14.0. The first-order valence-corrected chi connectivity index (χ1v) is 5.76. The SMILES string of the molecule is [N-]=[N+]=N[C@H]1C[C@H](n2cc(Cl)c(=O)[nH]c2=O)O[C@@H]1CO. The van der Waals surface area contributed by atoms with Crippen molar-refractivity contribution in [3.05, 3.63) is 42.5 Å². The molecular weight excluding hydrogens is 278 g/mol. The van der Waals surface area contributed by atoms with Gasteiger partial charge in [0.05, 0.1) is 18.8 Å². The Hall–Kier alpha value is -1.80. The van der Waals surface area contributed by atoms with Crippen molar-refractivity contribution < 1.29 is 9.84 Å². The Labute approximate surface area is 111 Å². The summed E-state index contributed by atoms with van der Waals surface area (Å²) >= 11 is 5.64. The lowest BCUT2D eigenvalue weighted by atomic mass is 10.1. The van der Waals surface area contributed by atoms with Crippen molar-refractivity contribution in [1.29, 1.82) is 0 Å². The predicted molar refractivity (Wildman–Crippen MR) is 64.9 cm³/mol. The summed E-state index contributed by atoms with van der Waals surface area (Å²) in [6.45, 7) is -0.341. The van der Waals surface area contributed by atoms with E-state index in [0.29, 0.717) is 0 Å². The fourth-order valence-electron chi connectivity index (χ4n) is 1.91. The highest BCUT2D eigenvalue weighted by atomic mass is 35.5. The van der Waals surface area contributed by atoms with Crippen LogP contribution in [-0.2, 0) is 4.74 Å². The maximum Gasteiger partial charge on any atom is 0.330 e. The Balaban J connectivity index is 2.34. The van der Waals surface area contributed by atoms with Crippen LogP contribution in [0.3, 0.4) is 0 Å². The van der Waals surface area contributed by atoms with E-state index in [-0.39, 0.29) is 18.1 Å². The number of nitrogens with one attached hydrogen (secondary N) is 1. The van der Waals surface area contributed by atoms with Crippen LogP contribution in [0.5, 0.6) is 0 Å². The summed E-state index contributed by atoms with van der Waals surface area (Å²) in [5.74, 6) is 0. The number of azide groups is 1. The normalized spacial score (nSPS) is 26.1. The van der Waals surface area contributed by atoms with Crippen LogP contribution in [0.4, 0.5) is 0 Å². The van der Waals surface area contributed by atoms with Gasteiger partial charge in [-0.15, -0.1) is 0 Å². The van der Waals surface area contributed by atoms with Crippen molar-refractivity contribution in [2.45, 2.75) is 24.8 Å². The van der Waals surface area contributed by atoms with Crippen LogP contribution in [0, 0.1) is 0 Å². The van der Waals surface area contributed by atoms with E-state index in [1.54, 1.807) is 0 Å². The van der Waals surface area contributed by atoms with Gasteiger partial charge < -0.3 is 9.84 Å². The summed E-state index contributed by atoms with van der Waals surface area (Å²) in [7, 11) is 0. The molecule has 0 aliphatic carbocycles. The van der Waals surface area contributed by atoms with Gasteiger partial charge in [-0.1, -0.05) is 16.7 Å². The molecule has 0 unspecified atom stereocenters. The summed E-state index contributed by atoms with van der Waals surface area (Å²) in [5, 5.41) is 12.5. The van der Waals surface area contributed by atoms with E-state index in [9.17, 15) is 9.59 Å². The van der Waals surface area contributed by atoms with Crippen molar-refractivity contribution >= 4 is 11.6 Å². The molecule has 1 aliphatic rings. The Morgan fingerprint density at radius 2 is 2.42 bits per heavy atom. The summed E-state index contributed by atoms with van der Waals surface area (Å²) in [6, 6.07) is -0.586. The van der Waals surface area contributed by atoms with Crippen molar-refractivity contribution in [3.8, 4) is 0 Å². The first-order valence-electron chi connectivity index (χ1n) is 5.38. The van der Waals surface area contributed by atoms with Gasteiger partial charge in [-0.05, 0) is 5.53 Å². The van der Waals surface area contributed by atoms with Crippen LogP contribution in [0.1, 0.15) is 12.6 Å². The minimum atomic E-state index is -0.755. The topological polar surface area (TPSA) is 133 Å². The van der Waals surface area contributed by atoms with E-state index < -0.39 is 29.6 Å². The number of hydrogen-bond donors (Lipinski definition) is 2. The molecule has 9 nitrogen and oxygen atoms in total. The second-order valence-electron chi connectivity index (χ2n) is 3.96. The number of ether oxygens (including phenoxy) is 1. The number of aromatic amines is 1. The van der Waals surface area contributed by atoms with Gasteiger partial charge >= 0.3 is 5.69 Å². The molecule has 10 heteroatoms. The van der Waals surface area contributed by atoms with Gasteiger partial charge in [-0.3, -0.25) is 14.3 Å². The third kappa shape index (κ3) is 2.64. The molecule has 0 amide bonds. The largest absolute Gasteiger partial charge is 0.394 e. The van der Waals surface area contributed by atoms with Crippen LogP contribution in [0.2, 0.25) is 5.02 Å². The van der Waals surface area contributed by atoms with Crippen molar-refractivity contribution in [1.82, 2.24) is 9.55 Å². The lowest BCUT2D eigenvalue weighted by molar-refractivity contribution is -0.0270. The number of H-pyrrole nitrogens is 1. The minimum absolute atomic E-state index is 0.156. The second kappa shape index (κ2) is 5.45. The van der Waals surface area contributed by atoms with Crippen molar-refractivity contribution in [3.63, 3.8) is 0 Å². The third-order valence-corrected chi connectivity index (χ3v) is 3.09. The van der Waals surface area contributed by atoms with Gasteiger partial charge in [0.25, 0.3) is 5.56 Å². The molecule has 2 rings (SSSR count). The molecule has 2 N–H and O–H groups in total. The van der Waals surface area contributed by atoms with Crippen LogP contribution in [-0.4, -0.2) is 33.4 Å². The van der Waals surface area contributed by atoms with Gasteiger partial charge in [-0.2, -0.15) is 0 Å². The highest BCUT2D eigenvalue weighted by Gasteiger charge is 2.35. The van der Waals surface area contributed by atoms with Gasteiger partial charge in [0, 0.05) is 17.5 Å². The molecule has 0 bridgehead atoms. The van der Waals surface area contributed by atoms with Crippen LogP contribution in [0.15, 0.2) is 20.9 Å². The fourth-order valence-corrected chi connectivity index (χ4v) is 2.07. The number of aromatic nitrogens is 2. The first kappa shape index (κ1) is 13.6. The average Bonchev–Trinajstić information content (AvgIpc) is 2.77. The Morgan fingerprint density at radius 3 is 3.05 bits per heavy atom. The molecule has 2 heterocycles. The Kier molecular flexibility index (Phi) is 3.91. The summed E-state index contributed by atoms with van der Waals surface area (Å²) < 4.78 is 6.50. The fraction of sp³-hybridized carbons (Fsp3) is 0.556. The quantitative estimate of drug-likeness (QED) is 0.465. The molecule has 0 spiro atoms. The van der Waals surface area contributed by atoms with Gasteiger partial charge in [-0.25, -0.2) is 4.79 Å². The number of hydrogen-bond acceptors (Lipinski definition) is 5. The summed E-state index contributed by atoms with van der Waals surface area (Å²) in [5.41, 5.74) is 7.04. The molecule has 1 aromatic heterocycles. The third-order valence-electron chi connectivity index (χ3n) is 2.82. The average molecular weight is 288 g/mol. The molecule has 0 saturated carbocycles. The zero-order valence-electron chi connectivity index (χ0n) is 9.56. The molecule has 1 saturated heterocycles. The van der Waals surface area contributed by atoms with E-state index >= 15 is 0 Å². The van der Waals surface area contributed by atoms with Gasteiger partial charge in [0.1, 0.15) is 11.3 Å². The number of rotatable bonds is 3. The van der Waals surface area contributed by atoms with Crippen molar-refractivity contribution in [2.75, 3.05) is 6.61 Å². The number of nitrogens with zero attached hydrogens (tertiary/aromatic N) is 4. The molecule has 1 aromatic rings. The first-order chi connectivity index (χ1) is 9.06. The second-order valence-corrected chi connectivity index (χ2v) is 4.37. The standard InChI is InChI=1S/C9H10ClN5O4/c10-4-2-15(9(18)12-8(4)17)7-1-5(13-14-11)6(3-16)19-7/h2,5-7,16H,1,3H2,(H,12,17,18)/t5-,6+,7+/m0/s1. The number of halogens is 1. The Bertz CT molecular complexity index is 634. The van der Waals surface area contributed by atoms with Gasteiger partial charge in [0.2, 0.25) is 0 Å². The number of aliphatic hydroxyl groups excluding tert-OH is 1. The maximum absolute atomic E-state index is 11.6. The summed E-state index contributed by atoms with van der Waals surface area (Å²) in [6.07, 6.45) is -0.0919. The molecule has 3 atom stereocenters. The van der Waals surface area contributed by atoms with Crippen LogP contribution < -0.4 is 11.2 Å². The van der Waals surface area contributed by atoms with Gasteiger partial charge in [0.15, 0.2) is 0 Å². The minimum Gasteiger partial charge on any atom is -0.394 e.